The van der Waals surface area contributed by atoms with Crippen molar-refractivity contribution in [2.24, 2.45) is 0 Å². The van der Waals surface area contributed by atoms with Gasteiger partial charge in [-0.1, -0.05) is 15.9 Å². The van der Waals surface area contributed by atoms with Gasteiger partial charge in [0.25, 0.3) is 5.91 Å². The highest BCUT2D eigenvalue weighted by Gasteiger charge is 2.17. The third-order valence-corrected chi connectivity index (χ3v) is 2.66. The van der Waals surface area contributed by atoms with Crippen molar-refractivity contribution in [1.29, 1.82) is 0 Å². The van der Waals surface area contributed by atoms with E-state index < -0.39 is 12.0 Å². The highest BCUT2D eigenvalue weighted by molar-refractivity contribution is 9.10. The minimum absolute atomic E-state index is 0.299. The molecule has 92 valence electrons. The Morgan fingerprint density at radius 3 is 2.53 bits per heavy atom. The second kappa shape index (κ2) is 5.82. The maximum atomic E-state index is 11.8. The molecule has 1 rings (SSSR count). The van der Waals surface area contributed by atoms with E-state index in [1.54, 1.807) is 19.1 Å². The van der Waals surface area contributed by atoms with Gasteiger partial charge in [0.2, 0.25) is 0 Å². The van der Waals surface area contributed by atoms with Crippen LogP contribution in [-0.2, 0) is 9.53 Å². The molecule has 0 aromatic heterocycles. The summed E-state index contributed by atoms with van der Waals surface area (Å²) < 4.78 is 5.36. The first-order valence-electron chi connectivity index (χ1n) is 5.10. The van der Waals surface area contributed by atoms with Crippen molar-refractivity contribution in [2.45, 2.75) is 19.9 Å². The van der Waals surface area contributed by atoms with E-state index in [1.807, 2.05) is 13.0 Å². The number of carbonyl (C=O) groups excluding carboxylic acids is 2. The van der Waals surface area contributed by atoms with Crippen molar-refractivity contribution < 1.29 is 14.3 Å². The number of halogens is 1. The highest BCUT2D eigenvalue weighted by atomic mass is 79.9. The first-order valence-corrected chi connectivity index (χ1v) is 5.89. The lowest BCUT2D eigenvalue weighted by molar-refractivity contribution is -0.142. The van der Waals surface area contributed by atoms with Gasteiger partial charge in [-0.05, 0) is 37.6 Å². The third kappa shape index (κ3) is 3.85. The fourth-order valence-corrected chi connectivity index (χ4v) is 1.99. The molecule has 0 heterocycles. The summed E-state index contributed by atoms with van der Waals surface area (Å²) >= 11 is 3.32. The lowest BCUT2D eigenvalue weighted by Crippen LogP contribution is -2.39. The molecule has 0 spiro atoms. The van der Waals surface area contributed by atoms with E-state index in [0.29, 0.717) is 5.56 Å². The van der Waals surface area contributed by atoms with Gasteiger partial charge in [0.1, 0.15) is 6.04 Å². The van der Waals surface area contributed by atoms with Crippen LogP contribution >= 0.6 is 15.9 Å². The van der Waals surface area contributed by atoms with Gasteiger partial charge in [-0.2, -0.15) is 0 Å². The molecule has 0 aliphatic carbocycles. The number of benzene rings is 1. The molecule has 17 heavy (non-hydrogen) atoms. The molecule has 0 saturated heterocycles. The molecule has 4 nitrogen and oxygen atoms in total. The molecular formula is C12H14BrNO3. The van der Waals surface area contributed by atoms with E-state index >= 15 is 0 Å². The average molecular weight is 300 g/mol. The Bertz CT molecular complexity index is 425. The number of aryl methyl sites for hydroxylation is 1. The summed E-state index contributed by atoms with van der Waals surface area (Å²) in [4.78, 5) is 23.0. The summed E-state index contributed by atoms with van der Waals surface area (Å²) in [7, 11) is 1.29. The lowest BCUT2D eigenvalue weighted by Gasteiger charge is -2.12. The predicted octanol–water partition coefficient (Wildman–Crippen LogP) is 2.05. The van der Waals surface area contributed by atoms with Crippen molar-refractivity contribution in [3.63, 3.8) is 0 Å². The van der Waals surface area contributed by atoms with E-state index in [0.717, 1.165) is 10.0 Å². The van der Waals surface area contributed by atoms with Gasteiger partial charge in [-0.3, -0.25) is 4.79 Å². The Hall–Kier alpha value is -1.36. The molecule has 1 atom stereocenters. The maximum absolute atomic E-state index is 11.8. The van der Waals surface area contributed by atoms with Crippen LogP contribution in [0.4, 0.5) is 0 Å². The molecule has 5 heteroatoms. The zero-order valence-electron chi connectivity index (χ0n) is 9.91. The quantitative estimate of drug-likeness (QED) is 0.869. The average Bonchev–Trinajstić information content (AvgIpc) is 2.26. The first-order chi connectivity index (χ1) is 7.93. The number of hydrogen-bond donors (Lipinski definition) is 1. The van der Waals surface area contributed by atoms with E-state index in [-0.39, 0.29) is 5.91 Å². The molecular weight excluding hydrogens is 286 g/mol. The molecule has 1 aromatic rings. The number of rotatable bonds is 3. The van der Waals surface area contributed by atoms with Gasteiger partial charge in [-0.15, -0.1) is 0 Å². The van der Waals surface area contributed by atoms with Crippen molar-refractivity contribution in [3.05, 3.63) is 33.8 Å². The second-order valence-electron chi connectivity index (χ2n) is 3.74. The summed E-state index contributed by atoms with van der Waals surface area (Å²) in [5.74, 6) is -0.766. The first kappa shape index (κ1) is 13.7. The largest absolute Gasteiger partial charge is 0.467 e. The summed E-state index contributed by atoms with van der Waals surface area (Å²) in [6, 6.07) is 4.70. The Balaban J connectivity index is 2.79. The Morgan fingerprint density at radius 2 is 2.00 bits per heavy atom. The summed E-state index contributed by atoms with van der Waals surface area (Å²) in [6.07, 6.45) is 0. The maximum Gasteiger partial charge on any atom is 0.328 e. The number of nitrogens with one attached hydrogen (secondary N) is 1. The smallest absolute Gasteiger partial charge is 0.328 e. The number of esters is 1. The standard InChI is InChI=1S/C12H14BrNO3/c1-7-4-9(6-10(13)5-7)11(15)14-8(2)12(16)17-3/h4-6,8H,1-3H3,(H,14,15)/t8-/m0/s1. The van der Waals surface area contributed by atoms with Gasteiger partial charge < -0.3 is 10.1 Å². The molecule has 0 radical (unpaired) electrons. The van der Waals surface area contributed by atoms with E-state index in [9.17, 15) is 9.59 Å². The van der Waals surface area contributed by atoms with E-state index in [2.05, 4.69) is 26.0 Å². The normalized spacial score (nSPS) is 11.8. The van der Waals surface area contributed by atoms with Crippen LogP contribution < -0.4 is 5.32 Å². The lowest BCUT2D eigenvalue weighted by atomic mass is 10.1. The summed E-state index contributed by atoms with van der Waals surface area (Å²) in [5.41, 5.74) is 1.47. The molecule has 0 bridgehead atoms. The van der Waals surface area contributed by atoms with Gasteiger partial charge in [0.05, 0.1) is 7.11 Å². The van der Waals surface area contributed by atoms with Gasteiger partial charge >= 0.3 is 5.97 Å². The van der Waals surface area contributed by atoms with Crippen LogP contribution in [0.25, 0.3) is 0 Å². The van der Waals surface area contributed by atoms with Crippen LogP contribution in [0.2, 0.25) is 0 Å². The molecule has 0 fully saturated rings. The topological polar surface area (TPSA) is 55.4 Å². The second-order valence-corrected chi connectivity index (χ2v) is 4.65. The SMILES string of the molecule is COC(=O)[C@H](C)NC(=O)c1cc(C)cc(Br)c1. The van der Waals surface area contributed by atoms with Crippen LogP contribution in [0.5, 0.6) is 0 Å². The zero-order chi connectivity index (χ0) is 13.0. The van der Waals surface area contributed by atoms with Gasteiger partial charge in [0.15, 0.2) is 0 Å². The molecule has 0 unspecified atom stereocenters. The zero-order valence-corrected chi connectivity index (χ0v) is 11.5. The predicted molar refractivity (Wildman–Crippen MR) is 67.8 cm³/mol. The van der Waals surface area contributed by atoms with Crippen molar-refractivity contribution >= 4 is 27.8 Å². The highest BCUT2D eigenvalue weighted by Crippen LogP contribution is 2.15. The molecule has 0 aliphatic heterocycles. The van der Waals surface area contributed by atoms with Crippen molar-refractivity contribution in [2.75, 3.05) is 7.11 Å². The summed E-state index contributed by atoms with van der Waals surface area (Å²) in [6.45, 7) is 3.47. The van der Waals surface area contributed by atoms with Crippen LogP contribution in [0.15, 0.2) is 22.7 Å². The Labute approximate surface area is 108 Å². The van der Waals surface area contributed by atoms with Crippen LogP contribution in [0.3, 0.4) is 0 Å². The third-order valence-electron chi connectivity index (χ3n) is 2.21. The van der Waals surface area contributed by atoms with Crippen LogP contribution in [0, 0.1) is 6.92 Å². The number of hydrogen-bond acceptors (Lipinski definition) is 3. The van der Waals surface area contributed by atoms with E-state index in [1.165, 1.54) is 7.11 Å². The van der Waals surface area contributed by atoms with Crippen LogP contribution in [0.1, 0.15) is 22.8 Å². The minimum Gasteiger partial charge on any atom is -0.467 e. The van der Waals surface area contributed by atoms with Gasteiger partial charge in [0, 0.05) is 10.0 Å². The number of ether oxygens (including phenoxy) is 1. The minimum atomic E-state index is -0.660. The number of methoxy groups -OCH3 is 1. The number of amides is 1. The van der Waals surface area contributed by atoms with E-state index in [4.69, 9.17) is 0 Å². The molecule has 1 N–H and O–H groups in total. The fraction of sp³-hybridized carbons (Fsp3) is 0.333. The molecule has 1 aromatic carbocycles. The molecule has 1 amide bonds. The number of carbonyl (C=O) groups is 2. The van der Waals surface area contributed by atoms with Crippen molar-refractivity contribution in [1.82, 2.24) is 5.32 Å². The van der Waals surface area contributed by atoms with Gasteiger partial charge in [-0.25, -0.2) is 4.79 Å². The summed E-state index contributed by atoms with van der Waals surface area (Å²) in [5, 5.41) is 2.57. The Morgan fingerprint density at radius 1 is 1.35 bits per heavy atom. The van der Waals surface area contributed by atoms with Crippen LogP contribution in [-0.4, -0.2) is 25.0 Å². The molecule has 0 saturated carbocycles. The Kier molecular flexibility index (Phi) is 4.69. The monoisotopic (exact) mass is 299 g/mol. The fourth-order valence-electron chi connectivity index (χ4n) is 1.38. The van der Waals surface area contributed by atoms with Crippen molar-refractivity contribution in [3.8, 4) is 0 Å². The molecule has 0 aliphatic rings.